The van der Waals surface area contributed by atoms with Gasteiger partial charge >= 0.3 is 5.91 Å². The molecule has 0 radical (unpaired) electrons. The topological polar surface area (TPSA) is 72.4 Å². The highest BCUT2D eigenvalue weighted by Gasteiger charge is 2.10. The standard InChI is InChI=1S/C6H6N4OS/c7-9-6(11)5-8-3-4-10(5)1-2-12-4/h1-3H,7H2,(H,9,11). The molecule has 0 fully saturated rings. The minimum atomic E-state index is -0.381. The minimum Gasteiger partial charge on any atom is -0.287 e. The van der Waals surface area contributed by atoms with E-state index in [1.807, 2.05) is 10.8 Å². The zero-order chi connectivity index (χ0) is 8.55. The normalized spacial score (nSPS) is 10.4. The van der Waals surface area contributed by atoms with E-state index in [4.69, 9.17) is 5.84 Å². The number of hydrazine groups is 1. The van der Waals surface area contributed by atoms with Crippen molar-refractivity contribution in [2.45, 2.75) is 0 Å². The Bertz CT molecular complexity index is 418. The number of nitrogens with two attached hydrogens (primary N) is 1. The number of thiazole rings is 1. The van der Waals surface area contributed by atoms with Crippen LogP contribution in [-0.4, -0.2) is 15.3 Å². The van der Waals surface area contributed by atoms with E-state index < -0.39 is 0 Å². The molecule has 2 heterocycles. The molecule has 1 amide bonds. The number of carbonyl (C=O) groups excluding carboxylic acids is 1. The van der Waals surface area contributed by atoms with Crippen molar-refractivity contribution in [3.8, 4) is 0 Å². The van der Waals surface area contributed by atoms with Gasteiger partial charge in [0, 0.05) is 11.6 Å². The maximum absolute atomic E-state index is 11.1. The highest BCUT2D eigenvalue weighted by Crippen LogP contribution is 2.12. The molecule has 0 unspecified atom stereocenters. The Morgan fingerprint density at radius 1 is 1.75 bits per heavy atom. The summed E-state index contributed by atoms with van der Waals surface area (Å²) in [6.45, 7) is 0. The lowest BCUT2D eigenvalue weighted by molar-refractivity contribution is 0.0943. The molecule has 3 N–H and O–H groups in total. The summed E-state index contributed by atoms with van der Waals surface area (Å²) >= 11 is 1.52. The average molecular weight is 182 g/mol. The van der Waals surface area contributed by atoms with E-state index in [-0.39, 0.29) is 5.91 Å². The number of nitrogens with one attached hydrogen (secondary N) is 1. The third-order valence-corrected chi connectivity index (χ3v) is 2.30. The van der Waals surface area contributed by atoms with Gasteiger partial charge in [-0.15, -0.1) is 11.3 Å². The van der Waals surface area contributed by atoms with Gasteiger partial charge in [-0.2, -0.15) is 0 Å². The van der Waals surface area contributed by atoms with Crippen LogP contribution in [-0.2, 0) is 0 Å². The van der Waals surface area contributed by atoms with Crippen molar-refractivity contribution < 1.29 is 4.79 Å². The summed E-state index contributed by atoms with van der Waals surface area (Å²) in [6, 6.07) is 0. The second-order valence-corrected chi connectivity index (χ2v) is 3.09. The SMILES string of the molecule is NNC(=O)c1ncc2sccn12. The second-order valence-electron chi connectivity index (χ2n) is 2.17. The average Bonchev–Trinajstić information content (AvgIpc) is 2.62. The molecule has 2 aromatic rings. The molecular weight excluding hydrogens is 176 g/mol. The van der Waals surface area contributed by atoms with Crippen LogP contribution in [0.15, 0.2) is 17.8 Å². The van der Waals surface area contributed by atoms with E-state index in [0.29, 0.717) is 5.82 Å². The number of fused-ring (bicyclic) bond motifs is 1. The van der Waals surface area contributed by atoms with Crippen LogP contribution in [0.25, 0.3) is 4.83 Å². The molecule has 0 spiro atoms. The molecule has 6 heteroatoms. The molecule has 0 aliphatic heterocycles. The maximum atomic E-state index is 11.1. The predicted octanol–water partition coefficient (Wildman–Crippen LogP) is -0.000700. The van der Waals surface area contributed by atoms with Crippen LogP contribution in [0.1, 0.15) is 10.6 Å². The molecule has 0 saturated carbocycles. The van der Waals surface area contributed by atoms with Gasteiger partial charge in [0.15, 0.2) is 0 Å². The molecular formula is C6H6N4OS. The minimum absolute atomic E-state index is 0.314. The molecule has 0 bridgehead atoms. The summed E-state index contributed by atoms with van der Waals surface area (Å²) in [4.78, 5) is 15.9. The molecule has 62 valence electrons. The number of rotatable bonds is 1. The fraction of sp³-hybridized carbons (Fsp3) is 0. The molecule has 0 saturated heterocycles. The van der Waals surface area contributed by atoms with Crippen LogP contribution in [0.3, 0.4) is 0 Å². The quantitative estimate of drug-likeness (QED) is 0.370. The number of amides is 1. The summed E-state index contributed by atoms with van der Waals surface area (Å²) in [6.07, 6.45) is 3.41. The lowest BCUT2D eigenvalue weighted by Crippen LogP contribution is -2.31. The first-order valence-corrected chi connectivity index (χ1v) is 4.12. The van der Waals surface area contributed by atoms with E-state index in [1.165, 1.54) is 11.3 Å². The van der Waals surface area contributed by atoms with Crippen LogP contribution in [0, 0.1) is 0 Å². The molecule has 2 aromatic heterocycles. The van der Waals surface area contributed by atoms with Gasteiger partial charge in [-0.3, -0.25) is 14.6 Å². The van der Waals surface area contributed by atoms with Gasteiger partial charge in [-0.1, -0.05) is 0 Å². The summed E-state index contributed by atoms with van der Waals surface area (Å²) in [7, 11) is 0. The largest absolute Gasteiger partial charge is 0.301 e. The molecule has 0 aromatic carbocycles. The lowest BCUT2D eigenvalue weighted by atomic mass is 10.6. The third-order valence-electron chi connectivity index (χ3n) is 1.50. The van der Waals surface area contributed by atoms with Gasteiger partial charge in [0.1, 0.15) is 4.83 Å². The molecule has 0 aliphatic rings. The number of aromatic nitrogens is 2. The van der Waals surface area contributed by atoms with Crippen molar-refractivity contribution >= 4 is 22.1 Å². The van der Waals surface area contributed by atoms with Gasteiger partial charge in [0.05, 0.1) is 6.20 Å². The molecule has 0 aliphatic carbocycles. The van der Waals surface area contributed by atoms with Gasteiger partial charge in [-0.05, 0) is 0 Å². The Balaban J connectivity index is 2.61. The highest BCUT2D eigenvalue weighted by molar-refractivity contribution is 7.15. The van der Waals surface area contributed by atoms with Crippen molar-refractivity contribution in [1.29, 1.82) is 0 Å². The van der Waals surface area contributed by atoms with E-state index >= 15 is 0 Å². The van der Waals surface area contributed by atoms with Crippen molar-refractivity contribution in [2.75, 3.05) is 0 Å². The fourth-order valence-electron chi connectivity index (χ4n) is 0.970. The Labute approximate surface area is 71.8 Å². The Hall–Kier alpha value is -1.40. The van der Waals surface area contributed by atoms with Crippen molar-refractivity contribution in [1.82, 2.24) is 14.8 Å². The number of imidazole rings is 1. The van der Waals surface area contributed by atoms with Crippen LogP contribution < -0.4 is 11.3 Å². The Morgan fingerprint density at radius 2 is 2.58 bits per heavy atom. The van der Waals surface area contributed by atoms with Gasteiger partial charge in [0.2, 0.25) is 5.82 Å². The zero-order valence-corrected chi connectivity index (χ0v) is 6.84. The molecule has 5 nitrogen and oxygen atoms in total. The van der Waals surface area contributed by atoms with Crippen LogP contribution in [0.5, 0.6) is 0 Å². The zero-order valence-electron chi connectivity index (χ0n) is 6.02. The number of carbonyl (C=O) groups is 1. The lowest BCUT2D eigenvalue weighted by Gasteiger charge is -1.94. The van der Waals surface area contributed by atoms with Gasteiger partial charge in [-0.25, -0.2) is 10.8 Å². The fourth-order valence-corrected chi connectivity index (χ4v) is 1.67. The Morgan fingerprint density at radius 3 is 3.33 bits per heavy atom. The summed E-state index contributed by atoms with van der Waals surface area (Å²) < 4.78 is 1.69. The first kappa shape index (κ1) is 7.26. The van der Waals surface area contributed by atoms with Crippen LogP contribution in [0.4, 0.5) is 0 Å². The number of hydrogen-bond acceptors (Lipinski definition) is 4. The second kappa shape index (κ2) is 2.58. The summed E-state index contributed by atoms with van der Waals surface area (Å²) in [5, 5.41) is 1.88. The number of nitrogen functional groups attached to an aromatic ring is 1. The van der Waals surface area contributed by atoms with Gasteiger partial charge < -0.3 is 0 Å². The predicted molar refractivity (Wildman–Crippen MR) is 44.7 cm³/mol. The number of hydrogen-bond donors (Lipinski definition) is 2. The van der Waals surface area contributed by atoms with Crippen molar-refractivity contribution in [2.24, 2.45) is 5.84 Å². The van der Waals surface area contributed by atoms with Gasteiger partial charge in [0.25, 0.3) is 0 Å². The molecule has 12 heavy (non-hydrogen) atoms. The summed E-state index contributed by atoms with van der Waals surface area (Å²) in [5.74, 6) is 4.91. The van der Waals surface area contributed by atoms with Crippen LogP contribution >= 0.6 is 11.3 Å². The first-order valence-electron chi connectivity index (χ1n) is 3.24. The monoisotopic (exact) mass is 182 g/mol. The van der Waals surface area contributed by atoms with E-state index in [9.17, 15) is 4.79 Å². The molecule has 0 atom stereocenters. The number of nitrogens with zero attached hydrogens (tertiary/aromatic N) is 2. The van der Waals surface area contributed by atoms with E-state index in [0.717, 1.165) is 4.83 Å². The Kier molecular flexibility index (Phi) is 1.56. The summed E-state index contributed by atoms with van der Waals surface area (Å²) in [5.41, 5.74) is 2.03. The van der Waals surface area contributed by atoms with Crippen LogP contribution in [0.2, 0.25) is 0 Å². The van der Waals surface area contributed by atoms with E-state index in [2.05, 4.69) is 4.98 Å². The van der Waals surface area contributed by atoms with Crippen molar-refractivity contribution in [3.05, 3.63) is 23.6 Å². The smallest absolute Gasteiger partial charge is 0.287 e. The highest BCUT2D eigenvalue weighted by atomic mass is 32.1. The molecule has 2 rings (SSSR count). The first-order chi connectivity index (χ1) is 5.83. The maximum Gasteiger partial charge on any atom is 0.301 e. The third kappa shape index (κ3) is 0.892. The van der Waals surface area contributed by atoms with Crippen molar-refractivity contribution in [3.63, 3.8) is 0 Å². The van der Waals surface area contributed by atoms with E-state index in [1.54, 1.807) is 16.8 Å².